The van der Waals surface area contributed by atoms with Crippen molar-refractivity contribution < 1.29 is 9.50 Å². The zero-order valence-corrected chi connectivity index (χ0v) is 11.2. The fraction of sp³-hybridized carbons (Fsp3) is 0.917. The molecule has 4 heteroatoms. The lowest BCUT2D eigenvalue weighted by Crippen LogP contribution is -2.52. The Bertz CT molecular complexity index is 234. The molecule has 0 aliphatic heterocycles. The molecular weight excluding hydrogens is 199 g/mol. The van der Waals surface area contributed by atoms with E-state index in [1.54, 1.807) is 7.41 Å². The Hall–Kier alpha value is -0.525. The average Bonchev–Trinajstić information content (AvgIpc) is 2.10. The van der Waals surface area contributed by atoms with Gasteiger partial charge in [-0.15, -0.1) is 5.97 Å². The van der Waals surface area contributed by atoms with Crippen LogP contribution in [0.2, 0.25) is 0 Å². The van der Waals surface area contributed by atoms with Crippen LogP contribution in [0.1, 0.15) is 46.0 Å². The predicted octanol–water partition coefficient (Wildman–Crippen LogP) is 1.88. The Balaban J connectivity index is 3.99. The maximum absolute atomic E-state index is 10.2. The summed E-state index contributed by atoms with van der Waals surface area (Å²) in [7, 11) is 5.42. The number of nitrogens with zero attached hydrogens (tertiary/aromatic N) is 2. The van der Waals surface area contributed by atoms with E-state index in [-0.39, 0.29) is 0 Å². The van der Waals surface area contributed by atoms with Crippen molar-refractivity contribution in [1.82, 2.24) is 0 Å². The van der Waals surface area contributed by atoms with Gasteiger partial charge in [0.15, 0.2) is 0 Å². The molecule has 16 heavy (non-hydrogen) atoms. The van der Waals surface area contributed by atoms with Crippen molar-refractivity contribution in [3.8, 4) is 5.97 Å². The Morgan fingerprint density at radius 3 is 2.44 bits per heavy atom. The molecule has 0 aliphatic carbocycles. The van der Waals surface area contributed by atoms with Crippen molar-refractivity contribution >= 4 is 7.41 Å². The molecule has 0 aromatic carbocycles. The van der Waals surface area contributed by atoms with Gasteiger partial charge in [0.05, 0.1) is 6.54 Å². The standard InChI is InChI=1S/C12H25BN2O/c1-5-6-7-8-9-12(2,16)10-15(3,4)13-11-14/h16H,5-10H2,1-4H3. The number of unbranched alkanes of at least 4 members (excludes halogenated alkanes) is 3. The van der Waals surface area contributed by atoms with Crippen LogP contribution < -0.4 is 0 Å². The van der Waals surface area contributed by atoms with Crippen LogP contribution in [0.3, 0.4) is 0 Å². The molecule has 0 saturated carbocycles. The van der Waals surface area contributed by atoms with Gasteiger partial charge in [0.1, 0.15) is 13.0 Å². The van der Waals surface area contributed by atoms with E-state index in [1.165, 1.54) is 19.3 Å². The van der Waals surface area contributed by atoms with E-state index in [1.807, 2.05) is 27.0 Å². The molecule has 1 N–H and O–H groups in total. The lowest BCUT2D eigenvalue weighted by atomic mass is 9.87. The highest BCUT2D eigenvalue weighted by Crippen LogP contribution is 2.18. The molecule has 0 heterocycles. The van der Waals surface area contributed by atoms with Gasteiger partial charge in [-0.3, -0.25) is 0 Å². The van der Waals surface area contributed by atoms with E-state index >= 15 is 0 Å². The molecule has 1 atom stereocenters. The van der Waals surface area contributed by atoms with Crippen LogP contribution in [0.4, 0.5) is 0 Å². The molecule has 0 aromatic rings. The number of hydrogen-bond donors (Lipinski definition) is 1. The van der Waals surface area contributed by atoms with Crippen LogP contribution in [-0.2, 0) is 0 Å². The second kappa shape index (κ2) is 6.93. The van der Waals surface area contributed by atoms with Gasteiger partial charge >= 0.3 is 0 Å². The lowest BCUT2D eigenvalue weighted by molar-refractivity contribution is -0.785. The summed E-state index contributed by atoms with van der Waals surface area (Å²) in [4.78, 5) is 0. The van der Waals surface area contributed by atoms with E-state index in [2.05, 4.69) is 6.92 Å². The number of hydrogen-bond acceptors (Lipinski definition) is 2. The number of quaternary nitrogens is 1. The number of likely N-dealkylation sites (N-methyl/N-ethyl adjacent to an activating group) is 1. The van der Waals surface area contributed by atoms with E-state index in [9.17, 15) is 5.11 Å². The van der Waals surface area contributed by atoms with Crippen molar-refractivity contribution in [2.45, 2.75) is 51.6 Å². The minimum atomic E-state index is -0.676. The van der Waals surface area contributed by atoms with E-state index in [0.717, 1.165) is 12.8 Å². The van der Waals surface area contributed by atoms with Crippen molar-refractivity contribution in [3.05, 3.63) is 0 Å². The summed E-state index contributed by atoms with van der Waals surface area (Å²) in [5.74, 6) is 2.04. The van der Waals surface area contributed by atoms with E-state index < -0.39 is 5.60 Å². The second-order valence-corrected chi connectivity index (χ2v) is 5.50. The molecule has 0 aliphatic rings. The van der Waals surface area contributed by atoms with Gasteiger partial charge in [0, 0.05) is 14.1 Å². The van der Waals surface area contributed by atoms with Crippen LogP contribution in [0, 0.1) is 11.2 Å². The quantitative estimate of drug-likeness (QED) is 0.505. The molecule has 92 valence electrons. The zero-order chi connectivity index (χ0) is 12.7. The molecule has 0 spiro atoms. The van der Waals surface area contributed by atoms with Gasteiger partial charge in [-0.05, 0) is 13.3 Å². The number of aliphatic hydroxyl groups is 1. The molecule has 1 unspecified atom stereocenters. The molecule has 0 fully saturated rings. The van der Waals surface area contributed by atoms with Crippen LogP contribution in [-0.4, -0.2) is 43.2 Å². The fourth-order valence-corrected chi connectivity index (χ4v) is 2.09. The first kappa shape index (κ1) is 15.5. The van der Waals surface area contributed by atoms with Crippen molar-refractivity contribution in [1.29, 1.82) is 5.26 Å². The fourth-order valence-electron chi connectivity index (χ4n) is 2.09. The highest BCUT2D eigenvalue weighted by Gasteiger charge is 2.25. The predicted molar refractivity (Wildman–Crippen MR) is 67.7 cm³/mol. The largest absolute Gasteiger partial charge is 0.550 e. The maximum Gasteiger partial charge on any atom is 0.126 e. The summed E-state index contributed by atoms with van der Waals surface area (Å²) in [5, 5.41) is 18.9. The zero-order valence-electron chi connectivity index (χ0n) is 11.2. The van der Waals surface area contributed by atoms with Crippen LogP contribution >= 0.6 is 0 Å². The third-order valence-corrected chi connectivity index (χ3v) is 2.72. The first-order valence-electron chi connectivity index (χ1n) is 6.12. The molecule has 2 radical (unpaired) electrons. The molecule has 0 bridgehead atoms. The molecule has 0 amide bonds. The Labute approximate surface area is 101 Å². The van der Waals surface area contributed by atoms with Crippen molar-refractivity contribution in [3.63, 3.8) is 0 Å². The van der Waals surface area contributed by atoms with Crippen LogP contribution in [0.25, 0.3) is 0 Å². The number of rotatable bonds is 8. The maximum atomic E-state index is 10.2. The third-order valence-electron chi connectivity index (χ3n) is 2.72. The minimum absolute atomic E-state index is 0.442. The summed E-state index contributed by atoms with van der Waals surface area (Å²) < 4.78 is 0.442. The van der Waals surface area contributed by atoms with Gasteiger partial charge in [-0.1, -0.05) is 32.6 Å². The Kier molecular flexibility index (Phi) is 6.70. The first-order valence-corrected chi connectivity index (χ1v) is 6.12. The van der Waals surface area contributed by atoms with Crippen LogP contribution in [0.5, 0.6) is 0 Å². The molecule has 0 rings (SSSR count). The third kappa shape index (κ3) is 7.73. The smallest absolute Gasteiger partial charge is 0.126 e. The second-order valence-electron chi connectivity index (χ2n) is 5.50. The normalized spacial score (nSPS) is 15.5. The lowest BCUT2D eigenvalue weighted by Gasteiger charge is -2.45. The highest BCUT2D eigenvalue weighted by atomic mass is 16.3. The SMILES string of the molecule is CCCCCCC(C)(O)C[N+](C)(C)[B-]C#N. The van der Waals surface area contributed by atoms with E-state index in [4.69, 9.17) is 5.26 Å². The Morgan fingerprint density at radius 2 is 1.94 bits per heavy atom. The summed E-state index contributed by atoms with van der Waals surface area (Å²) in [6, 6.07) is 0. The summed E-state index contributed by atoms with van der Waals surface area (Å²) >= 11 is 0. The monoisotopic (exact) mass is 224 g/mol. The molecule has 0 saturated heterocycles. The molecular formula is C12H25BN2O. The van der Waals surface area contributed by atoms with Gasteiger partial charge in [-0.2, -0.15) is 0 Å². The minimum Gasteiger partial charge on any atom is -0.550 e. The van der Waals surface area contributed by atoms with E-state index in [0.29, 0.717) is 10.9 Å². The van der Waals surface area contributed by atoms with Gasteiger partial charge in [-0.25, -0.2) is 5.26 Å². The summed E-state index contributed by atoms with van der Waals surface area (Å²) in [6.45, 7) is 4.64. The topological polar surface area (TPSA) is 44.0 Å². The van der Waals surface area contributed by atoms with Gasteiger partial charge < -0.3 is 9.50 Å². The van der Waals surface area contributed by atoms with Crippen LogP contribution in [0.15, 0.2) is 0 Å². The number of nitriles is 1. The molecule has 3 nitrogen and oxygen atoms in total. The first-order chi connectivity index (χ1) is 7.33. The average molecular weight is 224 g/mol. The molecule has 0 aromatic heterocycles. The Morgan fingerprint density at radius 1 is 1.31 bits per heavy atom. The van der Waals surface area contributed by atoms with Crippen molar-refractivity contribution in [2.24, 2.45) is 0 Å². The summed E-state index contributed by atoms with van der Waals surface area (Å²) in [5.41, 5.74) is -0.676. The van der Waals surface area contributed by atoms with Gasteiger partial charge in [0.2, 0.25) is 0 Å². The van der Waals surface area contributed by atoms with Crippen molar-refractivity contribution in [2.75, 3.05) is 20.6 Å². The van der Waals surface area contributed by atoms with Gasteiger partial charge in [0.25, 0.3) is 0 Å². The highest BCUT2D eigenvalue weighted by molar-refractivity contribution is 6.36. The summed E-state index contributed by atoms with van der Waals surface area (Å²) in [6.07, 6.45) is 5.51.